The summed E-state index contributed by atoms with van der Waals surface area (Å²) < 4.78 is 38.5. The molecule has 0 aliphatic rings. The van der Waals surface area contributed by atoms with Gasteiger partial charge in [-0.15, -0.1) is 0 Å². The van der Waals surface area contributed by atoms with Crippen LogP contribution in [0.25, 0.3) is 5.65 Å². The van der Waals surface area contributed by atoms with Crippen LogP contribution >= 0.6 is 11.6 Å². The van der Waals surface area contributed by atoms with E-state index in [4.69, 9.17) is 11.6 Å². The van der Waals surface area contributed by atoms with Gasteiger partial charge in [0.25, 0.3) is 0 Å². The second kappa shape index (κ2) is 3.66. The van der Waals surface area contributed by atoms with E-state index >= 15 is 0 Å². The van der Waals surface area contributed by atoms with Gasteiger partial charge in [-0.05, 0) is 18.1 Å². The number of aromatic nitrogens is 2. The van der Waals surface area contributed by atoms with Crippen LogP contribution in [0.15, 0.2) is 18.5 Å². The van der Waals surface area contributed by atoms with E-state index in [9.17, 15) is 13.2 Å². The lowest BCUT2D eigenvalue weighted by Crippen LogP contribution is -2.04. The summed E-state index contributed by atoms with van der Waals surface area (Å²) >= 11 is 5.95. The van der Waals surface area contributed by atoms with Crippen molar-refractivity contribution in [3.63, 3.8) is 0 Å². The summed E-state index contributed by atoms with van der Waals surface area (Å²) in [6, 6.07) is 1.69. The summed E-state index contributed by atoms with van der Waals surface area (Å²) in [6.07, 6.45) is -1.33. The van der Waals surface area contributed by atoms with Crippen LogP contribution in [0.3, 0.4) is 0 Å². The summed E-state index contributed by atoms with van der Waals surface area (Å²) in [5.41, 5.74) is 0.00415. The van der Waals surface area contributed by atoms with Gasteiger partial charge >= 0.3 is 6.18 Å². The summed E-state index contributed by atoms with van der Waals surface area (Å²) in [5, 5.41) is 0.278. The topological polar surface area (TPSA) is 17.3 Å². The normalized spacial score (nSPS) is 12.3. The first-order chi connectivity index (χ1) is 7.43. The second-order valence-electron chi connectivity index (χ2n) is 3.36. The summed E-state index contributed by atoms with van der Waals surface area (Å²) in [6.45, 7) is 1.88. The minimum Gasteiger partial charge on any atom is -0.305 e. The molecule has 0 radical (unpaired) electrons. The van der Waals surface area contributed by atoms with Crippen molar-refractivity contribution in [2.75, 3.05) is 0 Å². The van der Waals surface area contributed by atoms with Crippen molar-refractivity contribution in [2.45, 2.75) is 19.5 Å². The third-order valence-electron chi connectivity index (χ3n) is 2.32. The van der Waals surface area contributed by atoms with E-state index in [1.165, 1.54) is 10.6 Å². The van der Waals surface area contributed by atoms with Gasteiger partial charge in [0.2, 0.25) is 0 Å². The molecule has 86 valence electrons. The maximum absolute atomic E-state index is 12.4. The molecule has 2 aromatic rings. The summed E-state index contributed by atoms with van der Waals surface area (Å²) in [4.78, 5) is 3.50. The van der Waals surface area contributed by atoms with E-state index in [-0.39, 0.29) is 10.7 Å². The quantitative estimate of drug-likeness (QED) is 0.754. The number of alkyl halides is 3. The number of rotatable bonds is 1. The fraction of sp³-hybridized carbons (Fsp3) is 0.300. The van der Waals surface area contributed by atoms with Gasteiger partial charge in [0.1, 0.15) is 0 Å². The van der Waals surface area contributed by atoms with E-state index < -0.39 is 11.9 Å². The van der Waals surface area contributed by atoms with Gasteiger partial charge < -0.3 is 4.40 Å². The lowest BCUT2D eigenvalue weighted by molar-refractivity contribution is -0.140. The van der Waals surface area contributed by atoms with E-state index in [0.29, 0.717) is 6.42 Å². The molecule has 0 atom stereocenters. The van der Waals surface area contributed by atoms with Crippen molar-refractivity contribution >= 4 is 17.2 Å². The minimum absolute atomic E-state index is 0.147. The molecule has 6 heteroatoms. The zero-order valence-electron chi connectivity index (χ0n) is 8.35. The smallest absolute Gasteiger partial charge is 0.305 e. The van der Waals surface area contributed by atoms with E-state index in [2.05, 4.69) is 4.98 Å². The SMILES string of the molecule is CCc1ccn2cc(C(F)(F)F)nc2c1Cl. The van der Waals surface area contributed by atoms with E-state index in [1.54, 1.807) is 6.07 Å². The second-order valence-corrected chi connectivity index (χ2v) is 3.74. The van der Waals surface area contributed by atoms with Crippen LogP contribution in [0.2, 0.25) is 5.02 Å². The highest BCUT2D eigenvalue weighted by Gasteiger charge is 2.34. The van der Waals surface area contributed by atoms with Crippen molar-refractivity contribution in [2.24, 2.45) is 0 Å². The molecule has 0 saturated heterocycles. The maximum atomic E-state index is 12.4. The number of nitrogens with zero attached hydrogens (tertiary/aromatic N) is 2. The number of halogens is 4. The van der Waals surface area contributed by atoms with Crippen LogP contribution in [-0.4, -0.2) is 9.38 Å². The van der Waals surface area contributed by atoms with Crippen LogP contribution in [0.5, 0.6) is 0 Å². The monoisotopic (exact) mass is 248 g/mol. The molecule has 0 amide bonds. The van der Waals surface area contributed by atoms with E-state index in [0.717, 1.165) is 11.8 Å². The van der Waals surface area contributed by atoms with Crippen molar-refractivity contribution in [1.82, 2.24) is 9.38 Å². The molecule has 0 N–H and O–H groups in total. The molecule has 0 aromatic carbocycles. The Morgan fingerprint density at radius 3 is 2.69 bits per heavy atom. The third kappa shape index (κ3) is 1.75. The van der Waals surface area contributed by atoms with Crippen molar-refractivity contribution in [1.29, 1.82) is 0 Å². The van der Waals surface area contributed by atoms with Gasteiger partial charge in [-0.25, -0.2) is 4.98 Å². The number of aryl methyl sites for hydroxylation is 1. The molecule has 2 nitrogen and oxygen atoms in total. The first-order valence-corrected chi connectivity index (χ1v) is 5.04. The molecule has 0 saturated carbocycles. The molecular weight excluding hydrogens is 241 g/mol. The predicted octanol–water partition coefficient (Wildman–Crippen LogP) is 3.57. The molecule has 0 bridgehead atoms. The Hall–Kier alpha value is -1.23. The Morgan fingerprint density at radius 1 is 1.44 bits per heavy atom. The molecule has 0 fully saturated rings. The summed E-state index contributed by atoms with van der Waals surface area (Å²) in [5.74, 6) is 0. The average Bonchev–Trinajstić information content (AvgIpc) is 2.62. The number of pyridine rings is 1. The largest absolute Gasteiger partial charge is 0.434 e. The van der Waals surface area contributed by atoms with Gasteiger partial charge in [-0.2, -0.15) is 13.2 Å². The molecule has 2 rings (SSSR count). The fourth-order valence-electron chi connectivity index (χ4n) is 1.47. The Kier molecular flexibility index (Phi) is 2.58. The number of imidazole rings is 1. The molecule has 2 aromatic heterocycles. The molecule has 0 aliphatic heterocycles. The zero-order valence-corrected chi connectivity index (χ0v) is 9.10. The van der Waals surface area contributed by atoms with Crippen LogP contribution in [0, 0.1) is 0 Å². The van der Waals surface area contributed by atoms with Gasteiger partial charge in [0.05, 0.1) is 5.02 Å². The first kappa shape index (κ1) is 11.3. The predicted molar refractivity (Wildman–Crippen MR) is 54.6 cm³/mol. The molecule has 0 unspecified atom stereocenters. The molecular formula is C10H8ClF3N2. The first-order valence-electron chi connectivity index (χ1n) is 4.66. The highest BCUT2D eigenvalue weighted by atomic mass is 35.5. The van der Waals surface area contributed by atoms with E-state index in [1.807, 2.05) is 6.92 Å². The maximum Gasteiger partial charge on any atom is 0.434 e. The minimum atomic E-state index is -4.44. The molecule has 0 spiro atoms. The standard InChI is InChI=1S/C10H8ClF3N2/c1-2-6-3-4-16-5-7(10(12,13)14)15-9(16)8(6)11/h3-5H,2H2,1H3. The summed E-state index contributed by atoms with van der Waals surface area (Å²) in [7, 11) is 0. The number of hydrogen-bond donors (Lipinski definition) is 0. The van der Waals surface area contributed by atoms with Gasteiger partial charge in [0, 0.05) is 12.4 Å². The van der Waals surface area contributed by atoms with Crippen molar-refractivity contribution < 1.29 is 13.2 Å². The Morgan fingerprint density at radius 2 is 2.12 bits per heavy atom. The zero-order chi connectivity index (χ0) is 11.9. The van der Waals surface area contributed by atoms with Crippen LogP contribution in [0.1, 0.15) is 18.2 Å². The Bertz CT molecular complexity index is 531. The fourth-order valence-corrected chi connectivity index (χ4v) is 1.80. The van der Waals surface area contributed by atoms with Gasteiger partial charge in [-0.3, -0.25) is 0 Å². The molecule has 16 heavy (non-hydrogen) atoms. The number of hydrogen-bond acceptors (Lipinski definition) is 1. The van der Waals surface area contributed by atoms with Gasteiger partial charge in [-0.1, -0.05) is 18.5 Å². The highest BCUT2D eigenvalue weighted by molar-refractivity contribution is 6.34. The average molecular weight is 249 g/mol. The number of fused-ring (bicyclic) bond motifs is 1. The van der Waals surface area contributed by atoms with Gasteiger partial charge in [0.15, 0.2) is 11.3 Å². The Labute approximate surface area is 94.7 Å². The Balaban J connectivity index is 2.67. The third-order valence-corrected chi connectivity index (χ3v) is 2.73. The molecule has 0 aliphatic carbocycles. The van der Waals surface area contributed by atoms with Crippen molar-refractivity contribution in [3.8, 4) is 0 Å². The van der Waals surface area contributed by atoms with Crippen LogP contribution in [-0.2, 0) is 12.6 Å². The van der Waals surface area contributed by atoms with Crippen molar-refractivity contribution in [3.05, 3.63) is 34.7 Å². The van der Waals surface area contributed by atoms with Crippen LogP contribution in [0.4, 0.5) is 13.2 Å². The lowest BCUT2D eigenvalue weighted by Gasteiger charge is -2.01. The molecule has 2 heterocycles. The van der Waals surface area contributed by atoms with Crippen LogP contribution < -0.4 is 0 Å². The lowest BCUT2D eigenvalue weighted by atomic mass is 10.2. The highest BCUT2D eigenvalue weighted by Crippen LogP contribution is 2.30.